The number of nitrogens with two attached hydrogens (primary N) is 1. The number of aromatic nitrogens is 2. The molecule has 112 valence electrons. The Hall–Kier alpha value is -1.16. The number of nitrogens with one attached hydrogen (secondary N) is 1. The zero-order valence-electron chi connectivity index (χ0n) is 11.4. The summed E-state index contributed by atoms with van der Waals surface area (Å²) in [6.45, 7) is 6.51. The summed E-state index contributed by atoms with van der Waals surface area (Å²) in [4.78, 5) is 8.40. The first kappa shape index (κ1) is 16.9. The maximum atomic E-state index is 5.81. The van der Waals surface area contributed by atoms with Gasteiger partial charge in [0.25, 0.3) is 5.89 Å². The first-order valence-electron chi connectivity index (χ1n) is 6.29. The highest BCUT2D eigenvalue weighted by molar-refractivity contribution is 14.0. The first-order valence-corrected chi connectivity index (χ1v) is 6.29. The van der Waals surface area contributed by atoms with Crippen LogP contribution < -0.4 is 11.1 Å². The van der Waals surface area contributed by atoms with Gasteiger partial charge in [0.15, 0.2) is 11.8 Å². The zero-order valence-corrected chi connectivity index (χ0v) is 13.7. The van der Waals surface area contributed by atoms with Crippen LogP contribution in [0.3, 0.4) is 0 Å². The number of hydrogen-bond acceptors (Lipinski definition) is 5. The van der Waals surface area contributed by atoms with Gasteiger partial charge in [0, 0.05) is 6.54 Å². The van der Waals surface area contributed by atoms with Crippen molar-refractivity contribution in [2.75, 3.05) is 13.1 Å². The van der Waals surface area contributed by atoms with Crippen molar-refractivity contribution in [3.8, 4) is 0 Å². The van der Waals surface area contributed by atoms with Crippen molar-refractivity contribution in [3.63, 3.8) is 0 Å². The molecule has 20 heavy (non-hydrogen) atoms. The van der Waals surface area contributed by atoms with Crippen LogP contribution in [0.4, 0.5) is 0 Å². The van der Waals surface area contributed by atoms with Gasteiger partial charge in [-0.25, -0.2) is 0 Å². The predicted octanol–water partition coefficient (Wildman–Crippen LogP) is 1.31. The smallest absolute Gasteiger partial charge is 0.255 e. The summed E-state index contributed by atoms with van der Waals surface area (Å²) >= 11 is 0. The van der Waals surface area contributed by atoms with Gasteiger partial charge in [0.2, 0.25) is 0 Å². The van der Waals surface area contributed by atoms with Crippen molar-refractivity contribution in [3.05, 3.63) is 24.4 Å². The van der Waals surface area contributed by atoms with E-state index in [-0.39, 0.29) is 36.2 Å². The fraction of sp³-hybridized carbons (Fsp3) is 0.583. The monoisotopic (exact) mass is 393 g/mol. The number of aryl methyl sites for hydroxylation is 1. The van der Waals surface area contributed by atoms with Crippen LogP contribution in [-0.4, -0.2) is 35.3 Å². The Morgan fingerprint density at radius 2 is 2.40 bits per heavy atom. The molecule has 1 aliphatic rings. The Kier molecular flexibility index (Phi) is 6.93. The van der Waals surface area contributed by atoms with Crippen LogP contribution in [0.25, 0.3) is 0 Å². The van der Waals surface area contributed by atoms with E-state index >= 15 is 0 Å². The van der Waals surface area contributed by atoms with E-state index in [2.05, 4.69) is 27.0 Å². The van der Waals surface area contributed by atoms with Crippen molar-refractivity contribution < 1.29 is 9.26 Å². The largest absolute Gasteiger partial charge is 0.370 e. The summed E-state index contributed by atoms with van der Waals surface area (Å²) in [5.74, 6) is 1.57. The highest BCUT2D eigenvalue weighted by atomic mass is 127. The number of guanidine groups is 1. The molecule has 0 aromatic carbocycles. The number of ether oxygens (including phenoxy) is 1. The summed E-state index contributed by atoms with van der Waals surface area (Å²) < 4.78 is 10.9. The van der Waals surface area contributed by atoms with Gasteiger partial charge in [-0.2, -0.15) is 4.98 Å². The predicted molar refractivity (Wildman–Crippen MR) is 86.0 cm³/mol. The number of hydrogen-bond donors (Lipinski definition) is 2. The number of aliphatic imine (C=N–C) groups is 1. The fourth-order valence-corrected chi connectivity index (χ4v) is 1.90. The van der Waals surface area contributed by atoms with Crippen LogP contribution in [0.5, 0.6) is 0 Å². The Morgan fingerprint density at radius 3 is 3.05 bits per heavy atom. The third kappa shape index (κ3) is 4.75. The molecule has 1 aromatic heterocycles. The summed E-state index contributed by atoms with van der Waals surface area (Å²) in [5, 5.41) is 6.68. The molecule has 0 bridgehead atoms. The van der Waals surface area contributed by atoms with E-state index in [0.717, 1.165) is 12.8 Å². The lowest BCUT2D eigenvalue weighted by atomic mass is 10.2. The molecule has 2 rings (SSSR count). The Morgan fingerprint density at radius 1 is 1.60 bits per heavy atom. The Labute approximate surface area is 135 Å². The van der Waals surface area contributed by atoms with Gasteiger partial charge in [-0.3, -0.25) is 4.99 Å². The van der Waals surface area contributed by atoms with Crippen molar-refractivity contribution in [1.82, 2.24) is 15.5 Å². The fourth-order valence-electron chi connectivity index (χ4n) is 1.90. The van der Waals surface area contributed by atoms with E-state index in [9.17, 15) is 0 Å². The summed E-state index contributed by atoms with van der Waals surface area (Å²) in [6.07, 6.45) is 3.42. The lowest BCUT2D eigenvalue weighted by Crippen LogP contribution is -2.32. The van der Waals surface area contributed by atoms with E-state index in [1.165, 1.54) is 0 Å². The lowest BCUT2D eigenvalue weighted by Gasteiger charge is -2.09. The molecular weight excluding hydrogens is 373 g/mol. The van der Waals surface area contributed by atoms with Crippen molar-refractivity contribution in [2.45, 2.75) is 32.0 Å². The number of nitrogens with zero attached hydrogens (tertiary/aromatic N) is 3. The standard InChI is InChI=1S/C12H19N5O2.HI/c1-3-6-14-12(13)15-7-9-4-5-10(18-9)11-16-8(2)17-19-11;/h3,9-10H,1,4-7H2,2H3,(H3,13,14,15);1H/t9-,10+;/m1./s1. The highest BCUT2D eigenvalue weighted by Gasteiger charge is 2.30. The minimum Gasteiger partial charge on any atom is -0.370 e. The average molecular weight is 393 g/mol. The Balaban J connectivity index is 0.00000200. The maximum Gasteiger partial charge on any atom is 0.255 e. The van der Waals surface area contributed by atoms with Crippen LogP contribution in [-0.2, 0) is 4.74 Å². The molecule has 0 saturated carbocycles. The minimum absolute atomic E-state index is 0. The van der Waals surface area contributed by atoms with Gasteiger partial charge >= 0.3 is 0 Å². The molecule has 2 heterocycles. The molecule has 1 aliphatic heterocycles. The quantitative estimate of drug-likeness (QED) is 0.339. The van der Waals surface area contributed by atoms with Crippen molar-refractivity contribution in [1.29, 1.82) is 0 Å². The second-order valence-electron chi connectivity index (χ2n) is 4.40. The lowest BCUT2D eigenvalue weighted by molar-refractivity contribution is 0.0309. The topological polar surface area (TPSA) is 98.6 Å². The highest BCUT2D eigenvalue weighted by Crippen LogP contribution is 2.31. The minimum atomic E-state index is -0.122. The van der Waals surface area contributed by atoms with E-state index < -0.39 is 0 Å². The van der Waals surface area contributed by atoms with Crippen LogP contribution in [0.15, 0.2) is 22.2 Å². The van der Waals surface area contributed by atoms with E-state index in [0.29, 0.717) is 30.8 Å². The molecule has 1 fully saturated rings. The molecule has 2 atom stereocenters. The van der Waals surface area contributed by atoms with Gasteiger partial charge in [0.1, 0.15) is 6.10 Å². The molecule has 0 spiro atoms. The maximum absolute atomic E-state index is 5.81. The van der Waals surface area contributed by atoms with E-state index in [1.54, 1.807) is 13.0 Å². The van der Waals surface area contributed by atoms with Crippen molar-refractivity contribution in [2.24, 2.45) is 10.7 Å². The molecule has 1 aromatic rings. The molecule has 0 aliphatic carbocycles. The third-order valence-electron chi connectivity index (χ3n) is 2.82. The second kappa shape index (κ2) is 8.20. The summed E-state index contributed by atoms with van der Waals surface area (Å²) in [7, 11) is 0. The molecule has 7 nitrogen and oxygen atoms in total. The summed E-state index contributed by atoms with van der Waals surface area (Å²) in [5.41, 5.74) is 5.68. The number of halogens is 1. The molecule has 1 saturated heterocycles. The molecular formula is C12H20IN5O2. The Bertz CT molecular complexity index is 462. The van der Waals surface area contributed by atoms with Gasteiger partial charge in [-0.1, -0.05) is 11.2 Å². The van der Waals surface area contributed by atoms with Crippen LogP contribution in [0.2, 0.25) is 0 Å². The molecule has 3 N–H and O–H groups in total. The van der Waals surface area contributed by atoms with Crippen LogP contribution in [0, 0.1) is 6.92 Å². The van der Waals surface area contributed by atoms with Gasteiger partial charge in [-0.05, 0) is 19.8 Å². The summed E-state index contributed by atoms with van der Waals surface area (Å²) in [6, 6.07) is 0. The molecule has 8 heteroatoms. The average Bonchev–Trinajstić information content (AvgIpc) is 3.02. The molecule has 0 amide bonds. The normalized spacial score (nSPS) is 22.4. The molecule has 0 unspecified atom stereocenters. The van der Waals surface area contributed by atoms with Crippen LogP contribution in [0.1, 0.15) is 30.7 Å². The molecule has 0 radical (unpaired) electrons. The third-order valence-corrected chi connectivity index (χ3v) is 2.82. The van der Waals surface area contributed by atoms with E-state index in [4.69, 9.17) is 15.0 Å². The van der Waals surface area contributed by atoms with Gasteiger partial charge in [-0.15, -0.1) is 30.6 Å². The first-order chi connectivity index (χ1) is 9.19. The van der Waals surface area contributed by atoms with Crippen LogP contribution >= 0.6 is 24.0 Å². The zero-order chi connectivity index (χ0) is 13.7. The SMILES string of the molecule is C=CCNC(N)=NC[C@H]1CC[C@@H](c2nc(C)no2)O1.I. The van der Waals surface area contributed by atoms with Crippen molar-refractivity contribution >= 4 is 29.9 Å². The van der Waals surface area contributed by atoms with Gasteiger partial charge < -0.3 is 20.3 Å². The second-order valence-corrected chi connectivity index (χ2v) is 4.40. The number of rotatable bonds is 5. The van der Waals surface area contributed by atoms with Gasteiger partial charge in [0.05, 0.1) is 12.6 Å². The van der Waals surface area contributed by atoms with E-state index in [1.807, 2.05) is 0 Å².